The number of ether oxygens (including phenoxy) is 2. The Balaban J connectivity index is 1.30. The van der Waals surface area contributed by atoms with E-state index >= 15 is 4.39 Å². The molecule has 1 atom stereocenters. The number of carbonyl (C=O) groups is 1. The number of hydrogen-bond acceptors (Lipinski definition) is 7. The van der Waals surface area contributed by atoms with Gasteiger partial charge in [0.2, 0.25) is 15.7 Å². The van der Waals surface area contributed by atoms with Crippen LogP contribution in [0.4, 0.5) is 8.78 Å². The van der Waals surface area contributed by atoms with Gasteiger partial charge in [0.15, 0.2) is 5.75 Å². The Labute approximate surface area is 204 Å². The summed E-state index contributed by atoms with van der Waals surface area (Å²) >= 11 is 5.71. The third-order valence-corrected chi connectivity index (χ3v) is 8.20. The minimum Gasteiger partial charge on any atom is -0.484 e. The number of hydrogen-bond donors (Lipinski definition) is 1. The van der Waals surface area contributed by atoms with Gasteiger partial charge in [-0.2, -0.15) is 4.31 Å². The van der Waals surface area contributed by atoms with Crippen LogP contribution in [0.25, 0.3) is 0 Å². The average Bonchev–Trinajstić information content (AvgIpc) is 3.43. The summed E-state index contributed by atoms with van der Waals surface area (Å²) in [5, 5.41) is 9.70. The Morgan fingerprint density at radius 1 is 1.14 bits per heavy atom. The standard InChI is InChI=1S/C22H20ClF2N3O6S/c23-15-1-2-17(18(24)5-15)22(25,12-29)21(30)27-8-13-10-28(11-14(13)9-27)35(31,32)16-6-19-20(26-7-16)34-4-3-33-19/h1-2,5-7,29H,3-4,8-12H2. The predicted octanol–water partition coefficient (Wildman–Crippen LogP) is 1.65. The zero-order valence-electron chi connectivity index (χ0n) is 18.2. The molecule has 186 valence electrons. The summed E-state index contributed by atoms with van der Waals surface area (Å²) < 4.78 is 68.3. The van der Waals surface area contributed by atoms with Crippen molar-refractivity contribution in [2.24, 2.45) is 0 Å². The van der Waals surface area contributed by atoms with Gasteiger partial charge in [0.05, 0.1) is 12.8 Å². The molecule has 0 aliphatic carbocycles. The molecule has 0 radical (unpaired) electrons. The maximum Gasteiger partial charge on any atom is 0.268 e. The number of alkyl halides is 1. The number of sulfonamides is 1. The Morgan fingerprint density at radius 2 is 1.83 bits per heavy atom. The first-order valence-corrected chi connectivity index (χ1v) is 12.5. The number of carbonyl (C=O) groups excluding carboxylic acids is 1. The van der Waals surface area contributed by atoms with E-state index in [1.165, 1.54) is 22.6 Å². The molecule has 1 aromatic heterocycles. The fourth-order valence-electron chi connectivity index (χ4n) is 4.39. The molecule has 35 heavy (non-hydrogen) atoms. The van der Waals surface area contributed by atoms with Crippen LogP contribution in [0.15, 0.2) is 46.5 Å². The lowest BCUT2D eigenvalue weighted by Gasteiger charge is -2.30. The van der Waals surface area contributed by atoms with Crippen LogP contribution >= 0.6 is 11.6 Å². The van der Waals surface area contributed by atoms with Crippen LogP contribution < -0.4 is 9.47 Å². The van der Waals surface area contributed by atoms with Gasteiger partial charge in [0.25, 0.3) is 11.8 Å². The molecule has 13 heteroatoms. The number of aromatic nitrogens is 1. The molecule has 9 nitrogen and oxygen atoms in total. The number of halogens is 3. The smallest absolute Gasteiger partial charge is 0.268 e. The van der Waals surface area contributed by atoms with Gasteiger partial charge < -0.3 is 19.5 Å². The molecular weight excluding hydrogens is 508 g/mol. The second-order valence-corrected chi connectivity index (χ2v) is 10.8. The van der Waals surface area contributed by atoms with Gasteiger partial charge in [-0.25, -0.2) is 22.2 Å². The van der Waals surface area contributed by atoms with E-state index in [0.717, 1.165) is 17.0 Å². The van der Waals surface area contributed by atoms with E-state index in [1.807, 2.05) is 0 Å². The summed E-state index contributed by atoms with van der Waals surface area (Å²) in [6.45, 7) is -0.728. The summed E-state index contributed by atoms with van der Waals surface area (Å²) in [7, 11) is -3.92. The molecule has 3 aliphatic rings. The van der Waals surface area contributed by atoms with Gasteiger partial charge in [-0.1, -0.05) is 17.7 Å². The third kappa shape index (κ3) is 4.03. The fraction of sp³-hybridized carbons (Fsp3) is 0.364. The molecule has 1 amide bonds. The van der Waals surface area contributed by atoms with Crippen LogP contribution in [0.3, 0.4) is 0 Å². The third-order valence-electron chi connectivity index (χ3n) is 6.21. The first-order valence-electron chi connectivity index (χ1n) is 10.6. The van der Waals surface area contributed by atoms with Crippen molar-refractivity contribution in [2.75, 3.05) is 46.0 Å². The zero-order valence-corrected chi connectivity index (χ0v) is 19.8. The highest BCUT2D eigenvalue weighted by Crippen LogP contribution is 2.37. The minimum absolute atomic E-state index is 0.00358. The molecular formula is C22H20ClF2N3O6S. The topological polar surface area (TPSA) is 109 Å². The van der Waals surface area contributed by atoms with Crippen molar-refractivity contribution in [2.45, 2.75) is 10.6 Å². The van der Waals surface area contributed by atoms with E-state index < -0.39 is 39.6 Å². The largest absolute Gasteiger partial charge is 0.484 e. The number of pyridine rings is 1. The van der Waals surface area contributed by atoms with E-state index in [-0.39, 0.29) is 54.3 Å². The monoisotopic (exact) mass is 527 g/mol. The number of aliphatic hydroxyl groups excluding tert-OH is 1. The van der Waals surface area contributed by atoms with Crippen molar-refractivity contribution in [3.63, 3.8) is 0 Å². The van der Waals surface area contributed by atoms with E-state index in [1.54, 1.807) is 0 Å². The van der Waals surface area contributed by atoms with E-state index in [0.29, 0.717) is 17.8 Å². The van der Waals surface area contributed by atoms with Crippen molar-refractivity contribution in [1.82, 2.24) is 14.2 Å². The lowest BCUT2D eigenvalue weighted by molar-refractivity contribution is -0.146. The number of aliphatic hydroxyl groups is 1. The second kappa shape index (κ2) is 8.70. The van der Waals surface area contributed by atoms with Crippen molar-refractivity contribution < 1.29 is 36.6 Å². The van der Waals surface area contributed by atoms with Crippen molar-refractivity contribution in [1.29, 1.82) is 0 Å². The predicted molar refractivity (Wildman–Crippen MR) is 119 cm³/mol. The highest BCUT2D eigenvalue weighted by atomic mass is 35.5. The second-order valence-electron chi connectivity index (χ2n) is 8.40. The maximum atomic E-state index is 15.6. The molecule has 3 aliphatic heterocycles. The normalized spacial score (nSPS) is 19.6. The SMILES string of the molecule is O=C(N1CC2=C(C1)CN(S(=O)(=O)c1cnc3c(c1)OCCO3)C2)C(F)(CO)c1ccc(Cl)cc1F. The molecule has 0 spiro atoms. The van der Waals surface area contributed by atoms with Crippen LogP contribution in [0.5, 0.6) is 11.6 Å². The number of nitrogens with zero attached hydrogens (tertiary/aromatic N) is 3. The summed E-state index contributed by atoms with van der Waals surface area (Å²) in [6, 6.07) is 4.48. The Bertz CT molecular complexity index is 1340. The molecule has 1 unspecified atom stereocenters. The Kier molecular flexibility index (Phi) is 5.94. The van der Waals surface area contributed by atoms with Gasteiger partial charge in [-0.3, -0.25) is 4.79 Å². The Morgan fingerprint density at radius 3 is 2.49 bits per heavy atom. The molecule has 1 N–H and O–H groups in total. The van der Waals surface area contributed by atoms with Gasteiger partial charge in [-0.05, 0) is 23.3 Å². The van der Waals surface area contributed by atoms with Crippen molar-refractivity contribution >= 4 is 27.5 Å². The molecule has 1 aromatic carbocycles. The van der Waals surface area contributed by atoms with Gasteiger partial charge in [0.1, 0.15) is 23.9 Å². The minimum atomic E-state index is -3.92. The summed E-state index contributed by atoms with van der Waals surface area (Å²) in [4.78, 5) is 18.1. The summed E-state index contributed by atoms with van der Waals surface area (Å²) in [5.74, 6) is -1.69. The highest BCUT2D eigenvalue weighted by Gasteiger charge is 2.48. The Hall–Kier alpha value is -2.80. The lowest BCUT2D eigenvalue weighted by Crippen LogP contribution is -2.47. The van der Waals surface area contributed by atoms with Crippen LogP contribution in [-0.4, -0.2) is 79.6 Å². The van der Waals surface area contributed by atoms with Gasteiger partial charge in [-0.15, -0.1) is 0 Å². The average molecular weight is 528 g/mol. The zero-order chi connectivity index (χ0) is 25.0. The quantitative estimate of drug-likeness (QED) is 0.589. The number of rotatable bonds is 5. The molecule has 2 aromatic rings. The number of amides is 1. The fourth-order valence-corrected chi connectivity index (χ4v) is 5.94. The summed E-state index contributed by atoms with van der Waals surface area (Å²) in [5.41, 5.74) is -2.33. The van der Waals surface area contributed by atoms with E-state index in [9.17, 15) is 22.7 Å². The molecule has 0 saturated carbocycles. The van der Waals surface area contributed by atoms with Gasteiger partial charge in [0, 0.05) is 42.8 Å². The molecule has 0 saturated heterocycles. The highest BCUT2D eigenvalue weighted by molar-refractivity contribution is 7.89. The molecule has 5 rings (SSSR count). The molecule has 4 heterocycles. The van der Waals surface area contributed by atoms with Crippen LogP contribution in [0.1, 0.15) is 5.56 Å². The van der Waals surface area contributed by atoms with Crippen LogP contribution in [0.2, 0.25) is 5.02 Å². The summed E-state index contributed by atoms with van der Waals surface area (Å²) in [6.07, 6.45) is 1.20. The van der Waals surface area contributed by atoms with Crippen LogP contribution in [0, 0.1) is 5.82 Å². The first kappa shape index (κ1) is 23.9. The van der Waals surface area contributed by atoms with E-state index in [4.69, 9.17) is 21.1 Å². The lowest BCUT2D eigenvalue weighted by atomic mass is 9.94. The van der Waals surface area contributed by atoms with Crippen molar-refractivity contribution in [3.05, 3.63) is 58.0 Å². The molecule has 0 bridgehead atoms. The molecule has 0 fully saturated rings. The van der Waals surface area contributed by atoms with Gasteiger partial charge >= 0.3 is 0 Å². The van der Waals surface area contributed by atoms with Crippen molar-refractivity contribution in [3.8, 4) is 11.6 Å². The first-order chi connectivity index (χ1) is 16.6. The van der Waals surface area contributed by atoms with E-state index in [2.05, 4.69) is 4.98 Å². The van der Waals surface area contributed by atoms with Crippen LogP contribution in [-0.2, 0) is 20.5 Å². The maximum absolute atomic E-state index is 15.6. The number of fused-ring (bicyclic) bond motifs is 1. The number of benzene rings is 1.